The summed E-state index contributed by atoms with van der Waals surface area (Å²) in [6, 6.07) is 30.8. The van der Waals surface area contributed by atoms with E-state index in [-0.39, 0.29) is 17.6 Å². The molecule has 3 aromatic rings. The molecule has 38 heavy (non-hydrogen) atoms. The molecule has 0 bridgehead atoms. The van der Waals surface area contributed by atoms with Crippen LogP contribution >= 0.6 is 0 Å². The smallest absolute Gasteiger partial charge is 0.321 e. The number of benzene rings is 3. The predicted octanol–water partition coefficient (Wildman–Crippen LogP) is 5.23. The summed E-state index contributed by atoms with van der Waals surface area (Å²) in [5.41, 5.74) is 0.911. The molecule has 0 radical (unpaired) electrons. The highest BCUT2D eigenvalue weighted by atomic mass is 28.4. The minimum atomic E-state index is -2.64. The highest BCUT2D eigenvalue weighted by Crippen LogP contribution is 2.41. The van der Waals surface area contributed by atoms with Crippen molar-refractivity contribution in [1.29, 1.82) is 0 Å². The molecule has 1 heterocycles. The van der Waals surface area contributed by atoms with Crippen molar-refractivity contribution in [3.8, 4) is 0 Å². The highest BCUT2D eigenvalue weighted by Gasteiger charge is 2.51. The summed E-state index contributed by atoms with van der Waals surface area (Å²) in [4.78, 5) is 25.6. The van der Waals surface area contributed by atoms with Crippen LogP contribution in [0, 0.1) is 5.92 Å². The van der Waals surface area contributed by atoms with Gasteiger partial charge in [-0.05, 0) is 40.7 Å². The Hall–Kier alpha value is -3.22. The fourth-order valence-electron chi connectivity index (χ4n) is 5.72. The van der Waals surface area contributed by atoms with Gasteiger partial charge in [0, 0.05) is 12.5 Å². The number of carbonyl (C=O) groups is 2. The SMILES string of the molecule is CCOC(=O)C1C(=O)O[C@H](CCCO[Si](c2ccccc2)(c2ccccc2)C(C)(C)C)[C@H]1c1ccccc1. The summed E-state index contributed by atoms with van der Waals surface area (Å²) in [5.74, 6) is -2.34. The van der Waals surface area contributed by atoms with Gasteiger partial charge in [0.05, 0.1) is 6.61 Å². The Morgan fingerprint density at radius 1 is 0.868 bits per heavy atom. The van der Waals surface area contributed by atoms with Crippen molar-refractivity contribution in [3.05, 3.63) is 96.6 Å². The molecular formula is C32H38O5Si. The average molecular weight is 531 g/mol. The first-order valence-corrected chi connectivity index (χ1v) is 15.4. The Morgan fingerprint density at radius 3 is 1.89 bits per heavy atom. The Balaban J connectivity index is 1.56. The van der Waals surface area contributed by atoms with Crippen LogP contribution in [0.4, 0.5) is 0 Å². The van der Waals surface area contributed by atoms with Crippen LogP contribution in [0.25, 0.3) is 0 Å². The lowest BCUT2D eigenvalue weighted by Crippen LogP contribution is -2.66. The summed E-state index contributed by atoms with van der Waals surface area (Å²) in [6.07, 6.45) is 0.878. The molecule has 3 aromatic carbocycles. The van der Waals surface area contributed by atoms with Crippen LogP contribution in [0.5, 0.6) is 0 Å². The van der Waals surface area contributed by atoms with Crippen molar-refractivity contribution in [2.24, 2.45) is 5.92 Å². The highest BCUT2D eigenvalue weighted by molar-refractivity contribution is 6.99. The van der Waals surface area contributed by atoms with Gasteiger partial charge in [0.25, 0.3) is 8.32 Å². The monoisotopic (exact) mass is 530 g/mol. The Bertz CT molecular complexity index is 1150. The quantitative estimate of drug-likeness (QED) is 0.155. The number of ether oxygens (including phenoxy) is 2. The van der Waals surface area contributed by atoms with Gasteiger partial charge in [0.1, 0.15) is 6.10 Å². The van der Waals surface area contributed by atoms with Crippen molar-refractivity contribution >= 4 is 30.6 Å². The fourth-order valence-corrected chi connectivity index (χ4v) is 10.3. The molecule has 0 amide bonds. The van der Waals surface area contributed by atoms with Crippen LogP contribution < -0.4 is 10.4 Å². The molecule has 5 nitrogen and oxygen atoms in total. The summed E-state index contributed by atoms with van der Waals surface area (Å²) in [5, 5.41) is 2.35. The van der Waals surface area contributed by atoms with Crippen LogP contribution in [-0.2, 0) is 23.5 Å². The van der Waals surface area contributed by atoms with Gasteiger partial charge in [-0.3, -0.25) is 9.59 Å². The molecule has 1 aliphatic rings. The number of hydrogen-bond acceptors (Lipinski definition) is 5. The summed E-state index contributed by atoms with van der Waals surface area (Å²) in [7, 11) is -2.64. The molecule has 0 N–H and O–H groups in total. The van der Waals surface area contributed by atoms with E-state index in [0.29, 0.717) is 19.4 Å². The lowest BCUT2D eigenvalue weighted by atomic mass is 9.82. The van der Waals surface area contributed by atoms with Gasteiger partial charge in [-0.2, -0.15) is 0 Å². The third-order valence-electron chi connectivity index (χ3n) is 7.37. The van der Waals surface area contributed by atoms with Crippen LogP contribution in [0.1, 0.15) is 52.0 Å². The number of carbonyl (C=O) groups excluding carboxylic acids is 2. The second-order valence-corrected chi connectivity index (χ2v) is 15.1. The van der Waals surface area contributed by atoms with Crippen LogP contribution in [-0.4, -0.2) is 39.6 Å². The van der Waals surface area contributed by atoms with Gasteiger partial charge in [-0.1, -0.05) is 112 Å². The summed E-state index contributed by atoms with van der Waals surface area (Å²) < 4.78 is 18.0. The molecular weight excluding hydrogens is 492 g/mol. The zero-order valence-electron chi connectivity index (χ0n) is 22.8. The second kappa shape index (κ2) is 12.1. The maximum Gasteiger partial charge on any atom is 0.321 e. The molecule has 6 heteroatoms. The largest absolute Gasteiger partial charge is 0.465 e. The van der Waals surface area contributed by atoms with E-state index in [1.807, 2.05) is 42.5 Å². The number of rotatable bonds is 10. The summed E-state index contributed by atoms with van der Waals surface area (Å²) in [6.45, 7) is 9.26. The van der Waals surface area contributed by atoms with E-state index in [9.17, 15) is 9.59 Å². The minimum absolute atomic E-state index is 0.114. The molecule has 1 saturated heterocycles. The lowest BCUT2D eigenvalue weighted by molar-refractivity contribution is -0.156. The standard InChI is InChI=1S/C32H38O5Si/c1-5-35-30(33)29-28(24-16-9-6-10-17-24)27(37-31(29)34)22-15-23-36-38(32(2,3)4,25-18-11-7-12-19-25)26-20-13-8-14-21-26/h6-14,16-21,27-29H,5,15,22-23H2,1-4H3/t27-,28-,29?/m1/s1. The first kappa shape index (κ1) is 27.8. The topological polar surface area (TPSA) is 61.8 Å². The summed E-state index contributed by atoms with van der Waals surface area (Å²) >= 11 is 0. The van der Waals surface area contributed by atoms with Crippen LogP contribution in [0.3, 0.4) is 0 Å². The third-order valence-corrected chi connectivity index (χ3v) is 12.4. The zero-order valence-corrected chi connectivity index (χ0v) is 23.8. The zero-order chi connectivity index (χ0) is 27.2. The maximum absolute atomic E-state index is 12.8. The Labute approximate surface area is 227 Å². The third kappa shape index (κ3) is 5.61. The molecule has 1 fully saturated rings. The van der Waals surface area contributed by atoms with Gasteiger partial charge in [0.2, 0.25) is 0 Å². The number of hydrogen-bond donors (Lipinski definition) is 0. The van der Waals surface area contributed by atoms with Gasteiger partial charge >= 0.3 is 11.9 Å². The number of cyclic esters (lactones) is 1. The Kier molecular flexibility index (Phi) is 8.85. The molecule has 0 aromatic heterocycles. The molecule has 1 unspecified atom stereocenters. The van der Waals surface area contributed by atoms with Crippen molar-refractivity contribution in [3.63, 3.8) is 0 Å². The van der Waals surface area contributed by atoms with E-state index in [1.54, 1.807) is 6.92 Å². The van der Waals surface area contributed by atoms with E-state index in [2.05, 4.69) is 69.3 Å². The average Bonchev–Trinajstić information content (AvgIpc) is 3.25. The fraction of sp³-hybridized carbons (Fsp3) is 0.375. The molecule has 0 spiro atoms. The molecule has 0 saturated carbocycles. The van der Waals surface area contributed by atoms with E-state index in [4.69, 9.17) is 13.9 Å². The van der Waals surface area contributed by atoms with Crippen molar-refractivity contribution in [2.75, 3.05) is 13.2 Å². The second-order valence-electron chi connectivity index (χ2n) is 10.8. The first-order valence-electron chi connectivity index (χ1n) is 13.5. The van der Waals surface area contributed by atoms with Gasteiger partial charge in [-0.25, -0.2) is 0 Å². The minimum Gasteiger partial charge on any atom is -0.465 e. The van der Waals surface area contributed by atoms with E-state index in [0.717, 1.165) is 5.56 Å². The van der Waals surface area contributed by atoms with Crippen molar-refractivity contribution < 1.29 is 23.5 Å². The normalized spacial score (nSPS) is 19.7. The van der Waals surface area contributed by atoms with Crippen molar-refractivity contribution in [1.82, 2.24) is 0 Å². The number of esters is 2. The molecule has 1 aliphatic heterocycles. The van der Waals surface area contributed by atoms with E-state index >= 15 is 0 Å². The van der Waals surface area contributed by atoms with Gasteiger partial charge < -0.3 is 13.9 Å². The van der Waals surface area contributed by atoms with Gasteiger partial charge in [0.15, 0.2) is 5.92 Å². The lowest BCUT2D eigenvalue weighted by Gasteiger charge is -2.43. The van der Waals surface area contributed by atoms with E-state index < -0.39 is 32.3 Å². The first-order chi connectivity index (χ1) is 18.3. The maximum atomic E-state index is 12.8. The van der Waals surface area contributed by atoms with Gasteiger partial charge in [-0.15, -0.1) is 0 Å². The Morgan fingerprint density at radius 2 is 1.39 bits per heavy atom. The van der Waals surface area contributed by atoms with Crippen LogP contribution in [0.2, 0.25) is 5.04 Å². The molecule has 0 aliphatic carbocycles. The van der Waals surface area contributed by atoms with Crippen LogP contribution in [0.15, 0.2) is 91.0 Å². The molecule has 3 atom stereocenters. The van der Waals surface area contributed by atoms with E-state index in [1.165, 1.54) is 10.4 Å². The van der Waals surface area contributed by atoms with Crippen molar-refractivity contribution in [2.45, 2.75) is 57.6 Å². The molecule has 4 rings (SSSR count). The predicted molar refractivity (Wildman–Crippen MR) is 152 cm³/mol. The molecule has 200 valence electrons.